The summed E-state index contributed by atoms with van der Waals surface area (Å²) in [6.07, 6.45) is 0. The number of urea groups is 1. The molecule has 1 aromatic carbocycles. The van der Waals surface area contributed by atoms with Crippen LogP contribution in [0.2, 0.25) is 0 Å². The van der Waals surface area contributed by atoms with Crippen LogP contribution < -0.4 is 10.2 Å². The fourth-order valence-electron chi connectivity index (χ4n) is 1.41. The number of nitrogens with zero attached hydrogens (tertiary/aromatic N) is 1. The minimum Gasteiger partial charge on any atom is -0.292 e. The molecule has 0 bridgehead atoms. The van der Waals surface area contributed by atoms with Gasteiger partial charge in [0.15, 0.2) is 0 Å². The number of halogens is 1. The number of hydrogen-bond acceptors (Lipinski definition) is 2. The molecule has 0 aliphatic carbocycles. The molecule has 0 radical (unpaired) electrons. The van der Waals surface area contributed by atoms with Gasteiger partial charge in [0.2, 0.25) is 5.91 Å². The highest BCUT2D eigenvalue weighted by Gasteiger charge is 2.30. The molecule has 1 unspecified atom stereocenters. The normalized spacial score (nSPS) is 21.4. The molecule has 1 N–H and O–H groups in total. The third-order valence-electron chi connectivity index (χ3n) is 2.17. The SMILES string of the molecule is O=C1NC(=O)N(c2ccccc2)CC1Br. The first-order chi connectivity index (χ1) is 7.18. The van der Waals surface area contributed by atoms with Crippen molar-refractivity contribution in [1.82, 2.24) is 5.32 Å². The van der Waals surface area contributed by atoms with E-state index >= 15 is 0 Å². The van der Waals surface area contributed by atoms with Crippen LogP contribution in [0.15, 0.2) is 30.3 Å². The van der Waals surface area contributed by atoms with Crippen molar-refractivity contribution in [2.24, 2.45) is 0 Å². The van der Waals surface area contributed by atoms with Crippen LogP contribution in [0.25, 0.3) is 0 Å². The topological polar surface area (TPSA) is 49.4 Å². The van der Waals surface area contributed by atoms with Gasteiger partial charge in [-0.15, -0.1) is 0 Å². The molecule has 1 atom stereocenters. The van der Waals surface area contributed by atoms with Gasteiger partial charge in [-0.3, -0.25) is 15.0 Å². The first-order valence-electron chi connectivity index (χ1n) is 4.50. The Balaban J connectivity index is 2.23. The molecule has 1 aliphatic rings. The van der Waals surface area contributed by atoms with Crippen molar-refractivity contribution in [3.63, 3.8) is 0 Å². The number of amides is 3. The quantitative estimate of drug-likeness (QED) is 0.785. The van der Waals surface area contributed by atoms with Gasteiger partial charge in [0, 0.05) is 12.2 Å². The minimum absolute atomic E-state index is 0.285. The Morgan fingerprint density at radius 1 is 1.27 bits per heavy atom. The molecule has 4 nitrogen and oxygen atoms in total. The zero-order chi connectivity index (χ0) is 10.8. The van der Waals surface area contributed by atoms with Crippen molar-refractivity contribution >= 4 is 33.6 Å². The molecule has 1 aromatic rings. The Morgan fingerprint density at radius 3 is 2.60 bits per heavy atom. The lowest BCUT2D eigenvalue weighted by atomic mass is 10.2. The van der Waals surface area contributed by atoms with Crippen LogP contribution in [-0.4, -0.2) is 23.3 Å². The highest BCUT2D eigenvalue weighted by Crippen LogP contribution is 2.18. The van der Waals surface area contributed by atoms with E-state index in [1.165, 1.54) is 4.90 Å². The van der Waals surface area contributed by atoms with Crippen LogP contribution in [0.1, 0.15) is 0 Å². The second kappa shape index (κ2) is 4.02. The van der Waals surface area contributed by atoms with Gasteiger partial charge in [-0.25, -0.2) is 4.79 Å². The van der Waals surface area contributed by atoms with E-state index in [2.05, 4.69) is 21.2 Å². The summed E-state index contributed by atoms with van der Waals surface area (Å²) in [5.74, 6) is -0.285. The summed E-state index contributed by atoms with van der Waals surface area (Å²) in [5, 5.41) is 2.28. The Labute approximate surface area is 95.4 Å². The number of imide groups is 1. The zero-order valence-electron chi connectivity index (χ0n) is 7.81. The van der Waals surface area contributed by atoms with Crippen LogP contribution >= 0.6 is 15.9 Å². The molecule has 15 heavy (non-hydrogen) atoms. The van der Waals surface area contributed by atoms with Crippen molar-refractivity contribution in [3.05, 3.63) is 30.3 Å². The predicted molar refractivity (Wildman–Crippen MR) is 60.0 cm³/mol. The average Bonchev–Trinajstić information content (AvgIpc) is 2.25. The minimum atomic E-state index is -0.373. The maximum absolute atomic E-state index is 11.5. The van der Waals surface area contributed by atoms with Crippen LogP contribution in [0.5, 0.6) is 0 Å². The first-order valence-corrected chi connectivity index (χ1v) is 5.41. The number of para-hydroxylation sites is 1. The van der Waals surface area contributed by atoms with E-state index in [0.717, 1.165) is 5.69 Å². The summed E-state index contributed by atoms with van der Waals surface area (Å²) < 4.78 is 0. The first kappa shape index (κ1) is 10.2. The van der Waals surface area contributed by atoms with E-state index in [1.54, 1.807) is 0 Å². The van der Waals surface area contributed by atoms with E-state index in [1.807, 2.05) is 30.3 Å². The van der Waals surface area contributed by atoms with Gasteiger partial charge in [-0.2, -0.15) is 0 Å². The second-order valence-electron chi connectivity index (χ2n) is 3.21. The number of carbonyl (C=O) groups excluding carboxylic acids is 2. The summed E-state index contributed by atoms with van der Waals surface area (Å²) in [5.41, 5.74) is 0.784. The lowest BCUT2D eigenvalue weighted by molar-refractivity contribution is -0.119. The Morgan fingerprint density at radius 2 is 1.93 bits per heavy atom. The van der Waals surface area contributed by atoms with Crippen molar-refractivity contribution < 1.29 is 9.59 Å². The van der Waals surface area contributed by atoms with Crippen LogP contribution in [0.4, 0.5) is 10.5 Å². The standard InChI is InChI=1S/C10H9BrN2O2/c11-8-6-13(10(15)12-9(8)14)7-4-2-1-3-5-7/h1-5,8H,6H2,(H,12,14,15). The summed E-state index contributed by atoms with van der Waals surface area (Å²) in [6.45, 7) is 0.356. The van der Waals surface area contributed by atoms with E-state index in [0.29, 0.717) is 6.54 Å². The largest absolute Gasteiger partial charge is 0.328 e. The number of carbonyl (C=O) groups is 2. The van der Waals surface area contributed by atoms with Crippen molar-refractivity contribution in [2.45, 2.75) is 4.83 Å². The summed E-state index contributed by atoms with van der Waals surface area (Å²) >= 11 is 3.21. The highest BCUT2D eigenvalue weighted by molar-refractivity contribution is 9.10. The molecule has 0 aromatic heterocycles. The summed E-state index contributed by atoms with van der Waals surface area (Å²) in [4.78, 5) is 23.9. The monoisotopic (exact) mass is 268 g/mol. The number of benzene rings is 1. The van der Waals surface area contributed by atoms with E-state index in [-0.39, 0.29) is 16.8 Å². The molecule has 0 saturated carbocycles. The zero-order valence-corrected chi connectivity index (χ0v) is 9.40. The molecule has 1 heterocycles. The summed E-state index contributed by atoms with van der Waals surface area (Å²) in [7, 11) is 0. The lowest BCUT2D eigenvalue weighted by Gasteiger charge is -2.29. The molecule has 1 aliphatic heterocycles. The maximum Gasteiger partial charge on any atom is 0.328 e. The molecular formula is C10H9BrN2O2. The van der Waals surface area contributed by atoms with Crippen LogP contribution in [0.3, 0.4) is 0 Å². The molecule has 2 rings (SSSR count). The number of anilines is 1. The second-order valence-corrected chi connectivity index (χ2v) is 4.31. The van der Waals surface area contributed by atoms with Gasteiger partial charge < -0.3 is 0 Å². The Bertz CT molecular complexity index is 394. The number of rotatable bonds is 1. The fraction of sp³-hybridized carbons (Fsp3) is 0.200. The van der Waals surface area contributed by atoms with Gasteiger partial charge in [0.25, 0.3) is 0 Å². The number of hydrogen-bond donors (Lipinski definition) is 1. The number of nitrogens with one attached hydrogen (secondary N) is 1. The summed E-state index contributed by atoms with van der Waals surface area (Å²) in [6, 6.07) is 8.86. The van der Waals surface area contributed by atoms with Gasteiger partial charge in [-0.05, 0) is 12.1 Å². The van der Waals surface area contributed by atoms with Crippen molar-refractivity contribution in [2.75, 3.05) is 11.4 Å². The molecule has 5 heteroatoms. The van der Waals surface area contributed by atoms with Crippen LogP contribution in [0, 0.1) is 0 Å². The van der Waals surface area contributed by atoms with Gasteiger partial charge >= 0.3 is 6.03 Å². The smallest absolute Gasteiger partial charge is 0.292 e. The van der Waals surface area contributed by atoms with E-state index in [4.69, 9.17) is 0 Å². The van der Waals surface area contributed by atoms with Crippen molar-refractivity contribution in [1.29, 1.82) is 0 Å². The van der Waals surface area contributed by atoms with E-state index < -0.39 is 0 Å². The van der Waals surface area contributed by atoms with E-state index in [9.17, 15) is 9.59 Å². The van der Waals surface area contributed by atoms with Gasteiger partial charge in [0.05, 0.1) is 0 Å². The van der Waals surface area contributed by atoms with Gasteiger partial charge in [0.1, 0.15) is 4.83 Å². The highest BCUT2D eigenvalue weighted by atomic mass is 79.9. The van der Waals surface area contributed by atoms with Crippen LogP contribution in [-0.2, 0) is 4.79 Å². The fourth-order valence-corrected chi connectivity index (χ4v) is 1.81. The Hall–Kier alpha value is -1.36. The third kappa shape index (κ3) is 2.02. The van der Waals surface area contributed by atoms with Gasteiger partial charge in [-0.1, -0.05) is 34.1 Å². The third-order valence-corrected chi connectivity index (χ3v) is 2.88. The lowest BCUT2D eigenvalue weighted by Crippen LogP contribution is -2.55. The number of alkyl halides is 1. The Kier molecular flexibility index (Phi) is 2.73. The average molecular weight is 269 g/mol. The molecule has 78 valence electrons. The molecule has 1 saturated heterocycles. The maximum atomic E-state index is 11.5. The molecular weight excluding hydrogens is 260 g/mol. The molecule has 0 spiro atoms. The van der Waals surface area contributed by atoms with Crippen molar-refractivity contribution in [3.8, 4) is 0 Å². The predicted octanol–water partition coefficient (Wildman–Crippen LogP) is 1.51. The molecule has 3 amide bonds. The molecule has 1 fully saturated rings.